The Kier molecular flexibility index (Phi) is 3.95. The van der Waals surface area contributed by atoms with Crippen LogP contribution >= 0.6 is 11.6 Å². The van der Waals surface area contributed by atoms with Crippen LogP contribution in [0.2, 0.25) is 5.02 Å². The number of hydrogen-bond acceptors (Lipinski definition) is 3. The molecule has 1 saturated heterocycles. The van der Waals surface area contributed by atoms with Gasteiger partial charge in [-0.15, -0.1) is 0 Å². The molecule has 0 bridgehead atoms. The number of hydrogen-bond donors (Lipinski definition) is 1. The SMILES string of the molecule is CC(C)n1c(C2(CN)CCOCC2)nc2cccc(Cl)c21. The van der Waals surface area contributed by atoms with E-state index in [-0.39, 0.29) is 11.5 Å². The third-order valence-electron chi connectivity index (χ3n) is 4.49. The van der Waals surface area contributed by atoms with Gasteiger partial charge in [0, 0.05) is 31.2 Å². The van der Waals surface area contributed by atoms with Gasteiger partial charge in [0.1, 0.15) is 5.82 Å². The molecular formula is C16H22ClN3O. The molecule has 0 amide bonds. The Morgan fingerprint density at radius 1 is 1.38 bits per heavy atom. The molecule has 0 saturated carbocycles. The van der Waals surface area contributed by atoms with Crippen LogP contribution in [0.25, 0.3) is 11.0 Å². The molecule has 2 N–H and O–H groups in total. The number of para-hydroxylation sites is 1. The molecule has 1 aliphatic rings. The number of nitrogens with two attached hydrogens (primary N) is 1. The first-order valence-corrected chi connectivity index (χ1v) is 7.91. The number of rotatable bonds is 3. The summed E-state index contributed by atoms with van der Waals surface area (Å²) < 4.78 is 7.79. The molecule has 2 aromatic rings. The summed E-state index contributed by atoms with van der Waals surface area (Å²) in [6.45, 7) is 6.40. The maximum absolute atomic E-state index is 6.43. The molecule has 0 unspecified atom stereocenters. The molecule has 0 spiro atoms. The lowest BCUT2D eigenvalue weighted by atomic mass is 9.79. The van der Waals surface area contributed by atoms with Crippen LogP contribution in [0.4, 0.5) is 0 Å². The van der Waals surface area contributed by atoms with Gasteiger partial charge < -0.3 is 15.0 Å². The van der Waals surface area contributed by atoms with E-state index in [1.54, 1.807) is 0 Å². The van der Waals surface area contributed by atoms with Crippen molar-refractivity contribution in [1.82, 2.24) is 9.55 Å². The highest BCUT2D eigenvalue weighted by Crippen LogP contribution is 2.38. The fraction of sp³-hybridized carbons (Fsp3) is 0.562. The molecule has 0 atom stereocenters. The third kappa shape index (κ3) is 2.35. The van der Waals surface area contributed by atoms with Crippen molar-refractivity contribution in [3.8, 4) is 0 Å². The van der Waals surface area contributed by atoms with Crippen molar-refractivity contribution in [3.63, 3.8) is 0 Å². The first kappa shape index (κ1) is 14.8. The lowest BCUT2D eigenvalue weighted by Crippen LogP contribution is -2.43. The summed E-state index contributed by atoms with van der Waals surface area (Å²) in [5.74, 6) is 1.06. The summed E-state index contributed by atoms with van der Waals surface area (Å²) in [6.07, 6.45) is 1.83. The van der Waals surface area contributed by atoms with E-state index in [1.165, 1.54) is 0 Å². The molecule has 1 fully saturated rings. The molecule has 1 aromatic heterocycles. The summed E-state index contributed by atoms with van der Waals surface area (Å²) in [5, 5.41) is 0.749. The van der Waals surface area contributed by atoms with Crippen molar-refractivity contribution < 1.29 is 4.74 Å². The number of ether oxygens (including phenoxy) is 1. The maximum Gasteiger partial charge on any atom is 0.117 e. The van der Waals surface area contributed by atoms with Gasteiger partial charge in [0.2, 0.25) is 0 Å². The topological polar surface area (TPSA) is 53.1 Å². The average molecular weight is 308 g/mol. The molecule has 0 radical (unpaired) electrons. The normalized spacial score (nSPS) is 18.5. The highest BCUT2D eigenvalue weighted by atomic mass is 35.5. The van der Waals surface area contributed by atoms with E-state index in [2.05, 4.69) is 18.4 Å². The predicted molar refractivity (Wildman–Crippen MR) is 85.9 cm³/mol. The van der Waals surface area contributed by atoms with Crippen molar-refractivity contribution in [2.75, 3.05) is 19.8 Å². The number of nitrogens with zero attached hydrogens (tertiary/aromatic N) is 2. The highest BCUT2D eigenvalue weighted by molar-refractivity contribution is 6.35. The van der Waals surface area contributed by atoms with Crippen molar-refractivity contribution in [2.45, 2.75) is 38.1 Å². The largest absolute Gasteiger partial charge is 0.381 e. The Bertz CT molecular complexity index is 644. The van der Waals surface area contributed by atoms with Crippen LogP contribution in [0.1, 0.15) is 38.6 Å². The second-order valence-electron chi connectivity index (χ2n) is 6.10. The minimum absolute atomic E-state index is 0.106. The van der Waals surface area contributed by atoms with Crippen LogP contribution in [-0.2, 0) is 10.2 Å². The Morgan fingerprint density at radius 2 is 2.10 bits per heavy atom. The van der Waals surface area contributed by atoms with E-state index in [1.807, 2.05) is 18.2 Å². The van der Waals surface area contributed by atoms with E-state index in [0.29, 0.717) is 6.54 Å². The highest BCUT2D eigenvalue weighted by Gasteiger charge is 2.38. The van der Waals surface area contributed by atoms with Crippen LogP contribution in [0.15, 0.2) is 18.2 Å². The number of imidazole rings is 1. The van der Waals surface area contributed by atoms with Gasteiger partial charge >= 0.3 is 0 Å². The van der Waals surface area contributed by atoms with Crippen LogP contribution in [0, 0.1) is 0 Å². The monoisotopic (exact) mass is 307 g/mol. The lowest BCUT2D eigenvalue weighted by molar-refractivity contribution is 0.0485. The van der Waals surface area contributed by atoms with Crippen LogP contribution in [0.3, 0.4) is 0 Å². The summed E-state index contributed by atoms with van der Waals surface area (Å²) in [7, 11) is 0. The number of benzene rings is 1. The van der Waals surface area contributed by atoms with E-state index in [4.69, 9.17) is 27.1 Å². The smallest absolute Gasteiger partial charge is 0.117 e. The van der Waals surface area contributed by atoms with Gasteiger partial charge in [0.05, 0.1) is 16.1 Å². The zero-order valence-corrected chi connectivity index (χ0v) is 13.4. The molecule has 1 aliphatic heterocycles. The zero-order valence-electron chi connectivity index (χ0n) is 12.6. The predicted octanol–water partition coefficient (Wildman–Crippen LogP) is 3.28. The number of aromatic nitrogens is 2. The first-order chi connectivity index (χ1) is 10.1. The number of fused-ring (bicyclic) bond motifs is 1. The quantitative estimate of drug-likeness (QED) is 0.947. The lowest BCUT2D eigenvalue weighted by Gasteiger charge is -2.36. The zero-order chi connectivity index (χ0) is 15.0. The fourth-order valence-corrected chi connectivity index (χ4v) is 3.53. The van der Waals surface area contributed by atoms with E-state index < -0.39 is 0 Å². The molecule has 3 rings (SSSR count). The molecule has 21 heavy (non-hydrogen) atoms. The molecule has 2 heterocycles. The van der Waals surface area contributed by atoms with Gasteiger partial charge in [-0.25, -0.2) is 4.98 Å². The van der Waals surface area contributed by atoms with Gasteiger partial charge in [0.25, 0.3) is 0 Å². The standard InChI is InChI=1S/C16H22ClN3O/c1-11(2)20-14-12(17)4-3-5-13(14)19-15(20)16(10-18)6-8-21-9-7-16/h3-5,11H,6-10,18H2,1-2H3. The van der Waals surface area contributed by atoms with Crippen molar-refractivity contribution in [2.24, 2.45) is 5.73 Å². The van der Waals surface area contributed by atoms with E-state index in [0.717, 1.165) is 47.9 Å². The fourth-order valence-electron chi connectivity index (χ4n) is 3.26. The van der Waals surface area contributed by atoms with Gasteiger partial charge in [-0.2, -0.15) is 0 Å². The van der Waals surface area contributed by atoms with E-state index >= 15 is 0 Å². The molecular weight excluding hydrogens is 286 g/mol. The second-order valence-corrected chi connectivity index (χ2v) is 6.51. The van der Waals surface area contributed by atoms with Crippen LogP contribution in [-0.4, -0.2) is 29.3 Å². The van der Waals surface area contributed by atoms with Gasteiger partial charge in [-0.05, 0) is 38.8 Å². The average Bonchev–Trinajstić information content (AvgIpc) is 2.89. The summed E-state index contributed by atoms with van der Waals surface area (Å²) >= 11 is 6.43. The Morgan fingerprint density at radius 3 is 2.71 bits per heavy atom. The van der Waals surface area contributed by atoms with Crippen molar-refractivity contribution in [1.29, 1.82) is 0 Å². The Hall–Kier alpha value is -1.10. The number of halogens is 1. The van der Waals surface area contributed by atoms with Crippen molar-refractivity contribution >= 4 is 22.6 Å². The molecule has 0 aliphatic carbocycles. The molecule has 5 heteroatoms. The molecule has 4 nitrogen and oxygen atoms in total. The summed E-state index contributed by atoms with van der Waals surface area (Å²) in [6, 6.07) is 6.18. The summed E-state index contributed by atoms with van der Waals surface area (Å²) in [5.41, 5.74) is 8.02. The second kappa shape index (κ2) is 5.59. The van der Waals surface area contributed by atoms with Crippen LogP contribution in [0.5, 0.6) is 0 Å². The van der Waals surface area contributed by atoms with Crippen LogP contribution < -0.4 is 5.73 Å². The Balaban J connectivity index is 2.26. The minimum Gasteiger partial charge on any atom is -0.381 e. The Labute approximate surface area is 130 Å². The van der Waals surface area contributed by atoms with Crippen molar-refractivity contribution in [3.05, 3.63) is 29.0 Å². The van der Waals surface area contributed by atoms with E-state index in [9.17, 15) is 0 Å². The molecule has 1 aromatic carbocycles. The van der Waals surface area contributed by atoms with Gasteiger partial charge in [-0.3, -0.25) is 0 Å². The molecule has 114 valence electrons. The third-order valence-corrected chi connectivity index (χ3v) is 4.80. The summed E-state index contributed by atoms with van der Waals surface area (Å²) in [4.78, 5) is 4.90. The van der Waals surface area contributed by atoms with Gasteiger partial charge in [-0.1, -0.05) is 17.7 Å². The first-order valence-electron chi connectivity index (χ1n) is 7.54. The van der Waals surface area contributed by atoms with Gasteiger partial charge in [0.15, 0.2) is 0 Å². The minimum atomic E-state index is -0.106. The maximum atomic E-state index is 6.43.